The SMILES string of the molecule is N#CC1=Cc2c(oc3ccc(Cl)cc3c2=O)C(c2ccc(C(F)(F)F)cc2)c2ccccc21. The van der Waals surface area contributed by atoms with Crippen LogP contribution in [0.1, 0.15) is 39.5 Å². The van der Waals surface area contributed by atoms with Gasteiger partial charge in [0.25, 0.3) is 0 Å². The molecule has 3 aromatic carbocycles. The second kappa shape index (κ2) is 7.65. The van der Waals surface area contributed by atoms with Gasteiger partial charge in [0.1, 0.15) is 11.3 Å². The number of alkyl halides is 3. The Labute approximate surface area is 191 Å². The number of fused-ring (bicyclic) bond motifs is 3. The largest absolute Gasteiger partial charge is 0.459 e. The first kappa shape index (κ1) is 21.0. The second-order valence-corrected chi connectivity index (χ2v) is 8.10. The van der Waals surface area contributed by atoms with Crippen molar-refractivity contribution in [1.82, 2.24) is 0 Å². The van der Waals surface area contributed by atoms with E-state index in [1.54, 1.807) is 36.4 Å². The summed E-state index contributed by atoms with van der Waals surface area (Å²) in [6.07, 6.45) is -3.00. The molecule has 0 bridgehead atoms. The molecule has 0 fully saturated rings. The number of nitrogens with zero attached hydrogens (tertiary/aromatic N) is 1. The molecule has 7 heteroatoms. The van der Waals surface area contributed by atoms with Crippen molar-refractivity contribution in [1.29, 1.82) is 5.26 Å². The normalized spacial score (nSPS) is 15.2. The van der Waals surface area contributed by atoms with E-state index in [0.29, 0.717) is 27.3 Å². The van der Waals surface area contributed by atoms with Crippen LogP contribution < -0.4 is 5.43 Å². The summed E-state index contributed by atoms with van der Waals surface area (Å²) in [4.78, 5) is 13.4. The Morgan fingerprint density at radius 2 is 1.73 bits per heavy atom. The minimum absolute atomic E-state index is 0.169. The molecule has 5 rings (SSSR count). The number of rotatable bonds is 1. The van der Waals surface area contributed by atoms with Crippen LogP contribution in [-0.2, 0) is 6.18 Å². The summed E-state index contributed by atoms with van der Waals surface area (Å²) in [5.74, 6) is -0.444. The van der Waals surface area contributed by atoms with Gasteiger partial charge >= 0.3 is 6.18 Å². The van der Waals surface area contributed by atoms with E-state index < -0.39 is 17.7 Å². The molecule has 0 N–H and O–H groups in total. The van der Waals surface area contributed by atoms with Gasteiger partial charge in [-0.15, -0.1) is 0 Å². The summed E-state index contributed by atoms with van der Waals surface area (Å²) in [6, 6.07) is 18.6. The third kappa shape index (κ3) is 3.51. The lowest BCUT2D eigenvalue weighted by Gasteiger charge is -2.20. The lowest BCUT2D eigenvalue weighted by atomic mass is 9.85. The van der Waals surface area contributed by atoms with Gasteiger partial charge in [-0.05, 0) is 53.1 Å². The van der Waals surface area contributed by atoms with Gasteiger partial charge in [-0.1, -0.05) is 48.0 Å². The molecule has 0 aliphatic heterocycles. The molecule has 0 saturated carbocycles. The van der Waals surface area contributed by atoms with Crippen molar-refractivity contribution in [2.45, 2.75) is 12.1 Å². The molecule has 1 aliphatic carbocycles. The van der Waals surface area contributed by atoms with Crippen LogP contribution in [0.4, 0.5) is 13.2 Å². The van der Waals surface area contributed by atoms with Crippen LogP contribution in [-0.4, -0.2) is 0 Å². The van der Waals surface area contributed by atoms with Crippen molar-refractivity contribution in [3.05, 3.63) is 116 Å². The maximum absolute atomic E-state index is 13.4. The van der Waals surface area contributed by atoms with Crippen molar-refractivity contribution >= 4 is 34.2 Å². The van der Waals surface area contributed by atoms with Crippen LogP contribution in [0.3, 0.4) is 0 Å². The van der Waals surface area contributed by atoms with Crippen LogP contribution >= 0.6 is 11.6 Å². The van der Waals surface area contributed by atoms with Crippen molar-refractivity contribution in [3.8, 4) is 6.07 Å². The lowest BCUT2D eigenvalue weighted by Crippen LogP contribution is -2.14. The van der Waals surface area contributed by atoms with Gasteiger partial charge in [-0.2, -0.15) is 18.4 Å². The number of hydrogen-bond acceptors (Lipinski definition) is 3. The quantitative estimate of drug-likeness (QED) is 0.304. The fraction of sp³-hybridized carbons (Fsp3) is 0.0769. The topological polar surface area (TPSA) is 54.0 Å². The standard InChI is InChI=1S/C26H13ClF3NO2/c27-17-9-10-22-20(12-17)24(32)21-11-15(13-31)18-3-1-2-4-19(18)23(25(21)33-22)14-5-7-16(8-6-14)26(28,29)30/h1-12,23H. The molecular weight excluding hydrogens is 451 g/mol. The Bertz CT molecular complexity index is 1540. The average Bonchev–Trinajstić information content (AvgIpc) is 2.94. The third-order valence-electron chi connectivity index (χ3n) is 5.72. The third-order valence-corrected chi connectivity index (χ3v) is 5.96. The number of halogens is 4. The lowest BCUT2D eigenvalue weighted by molar-refractivity contribution is -0.137. The van der Waals surface area contributed by atoms with Gasteiger partial charge in [-0.3, -0.25) is 4.79 Å². The van der Waals surface area contributed by atoms with Gasteiger partial charge in [0.15, 0.2) is 5.43 Å². The van der Waals surface area contributed by atoms with Crippen molar-refractivity contribution < 1.29 is 17.6 Å². The van der Waals surface area contributed by atoms with E-state index in [-0.39, 0.29) is 27.7 Å². The van der Waals surface area contributed by atoms with Crippen molar-refractivity contribution in [2.75, 3.05) is 0 Å². The fourth-order valence-corrected chi connectivity index (χ4v) is 4.37. The second-order valence-electron chi connectivity index (χ2n) is 7.66. The molecule has 1 heterocycles. The smallest absolute Gasteiger partial charge is 0.416 e. The maximum Gasteiger partial charge on any atom is 0.416 e. The highest BCUT2D eigenvalue weighted by Crippen LogP contribution is 2.42. The molecule has 162 valence electrons. The maximum atomic E-state index is 13.4. The molecular formula is C26H13ClF3NO2. The molecule has 1 unspecified atom stereocenters. The monoisotopic (exact) mass is 463 g/mol. The summed E-state index contributed by atoms with van der Waals surface area (Å²) in [7, 11) is 0. The summed E-state index contributed by atoms with van der Waals surface area (Å²) in [6.45, 7) is 0. The molecule has 0 radical (unpaired) electrons. The first-order chi connectivity index (χ1) is 15.8. The Hall–Kier alpha value is -3.82. The fourth-order valence-electron chi connectivity index (χ4n) is 4.20. The molecule has 3 nitrogen and oxygen atoms in total. The van der Waals surface area contributed by atoms with Crippen LogP contribution in [0.25, 0.3) is 22.6 Å². The summed E-state index contributed by atoms with van der Waals surface area (Å²) in [5.41, 5.74) is 1.31. The van der Waals surface area contributed by atoms with Crippen molar-refractivity contribution in [3.63, 3.8) is 0 Å². The number of hydrogen-bond donors (Lipinski definition) is 0. The molecule has 4 aromatic rings. The zero-order valence-electron chi connectivity index (χ0n) is 16.8. The highest BCUT2D eigenvalue weighted by Gasteiger charge is 2.33. The summed E-state index contributed by atoms with van der Waals surface area (Å²) >= 11 is 6.07. The van der Waals surface area contributed by atoms with Crippen molar-refractivity contribution in [2.24, 2.45) is 0 Å². The molecule has 33 heavy (non-hydrogen) atoms. The predicted octanol–water partition coefficient (Wildman–Crippen LogP) is 7.02. The van der Waals surface area contributed by atoms with Gasteiger partial charge in [-0.25, -0.2) is 0 Å². The van der Waals surface area contributed by atoms with Gasteiger partial charge in [0, 0.05) is 5.02 Å². The van der Waals surface area contributed by atoms with E-state index in [4.69, 9.17) is 16.0 Å². The van der Waals surface area contributed by atoms with Gasteiger partial charge in [0.05, 0.1) is 34.1 Å². The van der Waals surface area contributed by atoms with Crippen LogP contribution in [0.2, 0.25) is 5.02 Å². The summed E-state index contributed by atoms with van der Waals surface area (Å²) in [5, 5.41) is 10.4. The number of nitriles is 1. The Balaban J connectivity index is 1.86. The molecule has 1 atom stereocenters. The highest BCUT2D eigenvalue weighted by molar-refractivity contribution is 6.31. The molecule has 0 amide bonds. The molecule has 1 aromatic heterocycles. The molecule has 0 saturated heterocycles. The summed E-state index contributed by atoms with van der Waals surface area (Å²) < 4.78 is 45.6. The predicted molar refractivity (Wildman–Crippen MR) is 120 cm³/mol. The van der Waals surface area contributed by atoms with Crippen LogP contribution in [0.5, 0.6) is 0 Å². The average molecular weight is 464 g/mol. The van der Waals surface area contributed by atoms with Crippen LogP contribution in [0, 0.1) is 11.3 Å². The van der Waals surface area contributed by atoms with E-state index in [9.17, 15) is 23.2 Å². The first-order valence-corrected chi connectivity index (χ1v) is 10.3. The van der Waals surface area contributed by atoms with E-state index in [1.165, 1.54) is 24.3 Å². The first-order valence-electron chi connectivity index (χ1n) is 9.92. The van der Waals surface area contributed by atoms with E-state index in [1.807, 2.05) is 0 Å². The Morgan fingerprint density at radius 1 is 1.00 bits per heavy atom. The van der Waals surface area contributed by atoms with E-state index >= 15 is 0 Å². The zero-order chi connectivity index (χ0) is 23.3. The molecule has 1 aliphatic rings. The Kier molecular flexibility index (Phi) is 4.88. The number of allylic oxidation sites excluding steroid dienone is 1. The zero-order valence-corrected chi connectivity index (χ0v) is 17.5. The van der Waals surface area contributed by atoms with Gasteiger partial charge < -0.3 is 4.42 Å². The highest BCUT2D eigenvalue weighted by atomic mass is 35.5. The Morgan fingerprint density at radius 3 is 2.42 bits per heavy atom. The molecule has 0 spiro atoms. The van der Waals surface area contributed by atoms with Gasteiger partial charge in [0.2, 0.25) is 0 Å². The van der Waals surface area contributed by atoms with Crippen LogP contribution in [0.15, 0.2) is 75.9 Å². The number of benzene rings is 3. The van der Waals surface area contributed by atoms with E-state index in [2.05, 4.69) is 6.07 Å². The van der Waals surface area contributed by atoms with E-state index in [0.717, 1.165) is 12.1 Å². The minimum Gasteiger partial charge on any atom is -0.459 e. The minimum atomic E-state index is -4.48.